The fourth-order valence-corrected chi connectivity index (χ4v) is 13.8. The van der Waals surface area contributed by atoms with Crippen molar-refractivity contribution in [2.75, 3.05) is 9.80 Å². The molecule has 2 aliphatic rings. The maximum absolute atomic E-state index is 6.65. The van der Waals surface area contributed by atoms with E-state index in [0.29, 0.717) is 0 Å². The number of fused-ring (bicyclic) bond motifs is 8. The standard InChI is InChI=1S/C64H61BN2OS2/c1-36-26-43(56-32-42-19-15-17-21-54(42)69-56)27-37(2)59(36)67-51-35-46(64(11,12)13)34-50-57(51)65(61-60(67)47-33-44(62(5,6)7)23-25-55(47)70-61)48-24-22-41(53-31-40-18-14-16-20-52(40)68-53)30-49(48)66(50)58-38(3)28-45(29-39(58)4)63(8,9)10/h14-35H,1-13H3. The molecular weight excluding hydrogens is 888 g/mol. The minimum absolute atomic E-state index is 0.00586. The molecule has 12 rings (SSSR count). The van der Waals surface area contributed by atoms with Gasteiger partial charge in [0.25, 0.3) is 6.71 Å². The van der Waals surface area contributed by atoms with Crippen molar-refractivity contribution in [3.05, 3.63) is 172 Å². The zero-order valence-corrected chi connectivity index (χ0v) is 44.5. The summed E-state index contributed by atoms with van der Waals surface area (Å²) in [6.07, 6.45) is 0. The molecule has 0 saturated heterocycles. The molecule has 0 amide bonds. The van der Waals surface area contributed by atoms with Crippen LogP contribution in [0.15, 0.2) is 138 Å². The maximum atomic E-state index is 6.65. The normalized spacial score (nSPS) is 13.7. The van der Waals surface area contributed by atoms with E-state index in [4.69, 9.17) is 4.42 Å². The fraction of sp³-hybridized carbons (Fsp3) is 0.250. The second kappa shape index (κ2) is 15.6. The number of hydrogen-bond acceptors (Lipinski definition) is 5. The quantitative estimate of drug-likeness (QED) is 0.164. The topological polar surface area (TPSA) is 19.6 Å². The summed E-state index contributed by atoms with van der Waals surface area (Å²) in [4.78, 5) is 6.65. The monoisotopic (exact) mass is 948 g/mol. The van der Waals surface area contributed by atoms with Gasteiger partial charge < -0.3 is 14.2 Å². The summed E-state index contributed by atoms with van der Waals surface area (Å²) < 4.78 is 10.7. The Labute approximate surface area is 422 Å². The first-order valence-electron chi connectivity index (χ1n) is 24.9. The van der Waals surface area contributed by atoms with E-state index >= 15 is 0 Å². The number of para-hydroxylation sites is 1. The summed E-state index contributed by atoms with van der Waals surface area (Å²) in [7, 11) is 0. The SMILES string of the molecule is Cc1cc(C(C)(C)C)cc(C)c1N1c2cc(-c3cc4ccccc4o3)ccc2B2c3sc4ccc(C(C)(C)C)cc4c3N(c3c(C)cc(-c4cc5ccccc5s4)cc3C)c3cc(C(C)(C)C)cc1c32. The van der Waals surface area contributed by atoms with Crippen LogP contribution in [0.1, 0.15) is 101 Å². The van der Waals surface area contributed by atoms with E-state index < -0.39 is 0 Å². The van der Waals surface area contributed by atoms with Crippen LogP contribution in [0.5, 0.6) is 0 Å². The molecule has 0 aliphatic carbocycles. The maximum Gasteiger partial charge on any atom is 0.264 e. The molecule has 3 nitrogen and oxygen atoms in total. The first kappa shape index (κ1) is 44.8. The summed E-state index contributed by atoms with van der Waals surface area (Å²) in [5.74, 6) is 0.882. The van der Waals surface area contributed by atoms with Gasteiger partial charge in [-0.15, -0.1) is 22.7 Å². The Kier molecular flexibility index (Phi) is 9.98. The largest absolute Gasteiger partial charge is 0.456 e. The summed E-state index contributed by atoms with van der Waals surface area (Å²) in [5.41, 5.74) is 22.4. The lowest BCUT2D eigenvalue weighted by Crippen LogP contribution is -2.60. The van der Waals surface area contributed by atoms with Crippen LogP contribution < -0.4 is 25.5 Å². The highest BCUT2D eigenvalue weighted by Gasteiger charge is 2.47. The molecule has 0 radical (unpaired) electrons. The third kappa shape index (κ3) is 7.03. The van der Waals surface area contributed by atoms with Crippen LogP contribution in [-0.2, 0) is 16.2 Å². The molecule has 70 heavy (non-hydrogen) atoms. The Balaban J connectivity index is 1.19. The van der Waals surface area contributed by atoms with Crippen molar-refractivity contribution in [3.8, 4) is 21.8 Å². The Hall–Kier alpha value is -6.34. The smallest absolute Gasteiger partial charge is 0.264 e. The van der Waals surface area contributed by atoms with E-state index in [1.54, 1.807) is 0 Å². The molecule has 0 saturated carbocycles. The fourth-order valence-electron chi connectivity index (χ4n) is 11.4. The van der Waals surface area contributed by atoms with Crippen molar-refractivity contribution >= 4 is 110 Å². The molecule has 0 unspecified atom stereocenters. The van der Waals surface area contributed by atoms with Crippen molar-refractivity contribution < 1.29 is 4.42 Å². The van der Waals surface area contributed by atoms with Crippen molar-refractivity contribution in [1.29, 1.82) is 0 Å². The predicted molar refractivity (Wildman–Crippen MR) is 307 cm³/mol. The van der Waals surface area contributed by atoms with Crippen LogP contribution in [0.3, 0.4) is 0 Å². The highest BCUT2D eigenvalue weighted by molar-refractivity contribution is 7.33. The Morgan fingerprint density at radius 3 is 1.71 bits per heavy atom. The summed E-state index contributed by atoms with van der Waals surface area (Å²) >= 11 is 3.86. The number of thiophene rings is 2. The number of benzene rings is 7. The number of anilines is 6. The lowest BCUT2D eigenvalue weighted by Gasteiger charge is -2.45. The molecule has 348 valence electrons. The van der Waals surface area contributed by atoms with E-state index in [-0.39, 0.29) is 23.0 Å². The van der Waals surface area contributed by atoms with Crippen LogP contribution in [0.2, 0.25) is 0 Å². The second-order valence-electron chi connectivity index (χ2n) is 23.3. The second-order valence-corrected chi connectivity index (χ2v) is 25.5. The van der Waals surface area contributed by atoms with E-state index in [0.717, 1.165) is 22.3 Å². The summed E-state index contributed by atoms with van der Waals surface area (Å²) in [5, 5.41) is 3.73. The number of hydrogen-bond donors (Lipinski definition) is 0. The lowest BCUT2D eigenvalue weighted by molar-refractivity contribution is 0.589. The number of nitrogens with zero attached hydrogens (tertiary/aromatic N) is 2. The molecule has 10 aromatic rings. The van der Waals surface area contributed by atoms with Gasteiger partial charge in [-0.1, -0.05) is 129 Å². The highest BCUT2D eigenvalue weighted by Crippen LogP contribution is 2.53. The molecule has 5 heterocycles. The van der Waals surface area contributed by atoms with Crippen molar-refractivity contribution in [2.45, 2.75) is 106 Å². The molecule has 0 N–H and O–H groups in total. The Bertz CT molecular complexity index is 3690. The zero-order valence-electron chi connectivity index (χ0n) is 42.9. The molecule has 0 spiro atoms. The highest BCUT2D eigenvalue weighted by atomic mass is 32.1. The number of furan rings is 1. The molecule has 3 aromatic heterocycles. The van der Waals surface area contributed by atoms with Gasteiger partial charge in [0.2, 0.25) is 0 Å². The van der Waals surface area contributed by atoms with Gasteiger partial charge >= 0.3 is 0 Å². The third-order valence-corrected chi connectivity index (χ3v) is 17.5. The van der Waals surface area contributed by atoms with Crippen LogP contribution in [0.25, 0.3) is 52.9 Å². The van der Waals surface area contributed by atoms with Crippen molar-refractivity contribution in [3.63, 3.8) is 0 Å². The first-order chi connectivity index (χ1) is 33.2. The zero-order chi connectivity index (χ0) is 48.9. The Morgan fingerprint density at radius 1 is 0.457 bits per heavy atom. The molecule has 2 aliphatic heterocycles. The van der Waals surface area contributed by atoms with Gasteiger partial charge in [0.15, 0.2) is 0 Å². The van der Waals surface area contributed by atoms with E-state index in [9.17, 15) is 0 Å². The lowest BCUT2D eigenvalue weighted by atomic mass is 9.36. The molecular formula is C64H61BN2OS2. The van der Waals surface area contributed by atoms with Gasteiger partial charge in [0.05, 0.1) is 17.1 Å². The predicted octanol–water partition coefficient (Wildman–Crippen LogP) is 17.4. The third-order valence-electron chi connectivity index (χ3n) is 15.1. The Morgan fingerprint density at radius 2 is 1.06 bits per heavy atom. The number of rotatable bonds is 4. The van der Waals surface area contributed by atoms with Gasteiger partial charge in [-0.2, -0.15) is 0 Å². The van der Waals surface area contributed by atoms with Crippen LogP contribution in [0, 0.1) is 27.7 Å². The van der Waals surface area contributed by atoms with Crippen LogP contribution in [-0.4, -0.2) is 6.71 Å². The average molecular weight is 949 g/mol. The van der Waals surface area contributed by atoms with Gasteiger partial charge in [-0.25, -0.2) is 0 Å². The van der Waals surface area contributed by atoms with Gasteiger partial charge in [0, 0.05) is 52.5 Å². The molecule has 0 fully saturated rings. The van der Waals surface area contributed by atoms with Crippen LogP contribution >= 0.6 is 22.7 Å². The molecule has 0 bridgehead atoms. The van der Waals surface area contributed by atoms with Gasteiger partial charge in [0.1, 0.15) is 11.3 Å². The van der Waals surface area contributed by atoms with Crippen LogP contribution in [0.4, 0.5) is 34.1 Å². The van der Waals surface area contributed by atoms with E-state index in [1.807, 2.05) is 22.7 Å². The summed E-state index contributed by atoms with van der Waals surface area (Å²) in [6, 6.07) is 51.0. The minimum Gasteiger partial charge on any atom is -0.456 e. The average Bonchev–Trinajstić information content (AvgIpc) is 4.04. The first-order valence-corrected chi connectivity index (χ1v) is 26.6. The molecule has 7 aromatic carbocycles. The van der Waals surface area contributed by atoms with Gasteiger partial charge in [-0.05, 0) is 171 Å². The molecule has 0 atom stereocenters. The minimum atomic E-state index is -0.152. The van der Waals surface area contributed by atoms with E-state index in [2.05, 4.69) is 233 Å². The molecule has 6 heteroatoms. The van der Waals surface area contributed by atoms with Crippen molar-refractivity contribution in [1.82, 2.24) is 0 Å². The summed E-state index contributed by atoms with van der Waals surface area (Å²) in [6.45, 7) is 30.4. The number of aryl methyl sites for hydroxylation is 4. The van der Waals surface area contributed by atoms with E-state index in [1.165, 1.54) is 119 Å². The van der Waals surface area contributed by atoms with Crippen molar-refractivity contribution in [2.24, 2.45) is 0 Å². The van der Waals surface area contributed by atoms with Gasteiger partial charge in [-0.3, -0.25) is 0 Å².